The molecule has 0 saturated heterocycles. The molecule has 0 aliphatic heterocycles. The van der Waals surface area contributed by atoms with Crippen LogP contribution in [-0.2, 0) is 6.42 Å². The van der Waals surface area contributed by atoms with E-state index in [2.05, 4.69) is 58.5 Å². The van der Waals surface area contributed by atoms with Gasteiger partial charge in [-0.3, -0.25) is 0 Å². The fourth-order valence-corrected chi connectivity index (χ4v) is 2.78. The van der Waals surface area contributed by atoms with Crippen molar-refractivity contribution in [3.05, 3.63) is 69.2 Å². The molecule has 2 aromatic rings. The summed E-state index contributed by atoms with van der Waals surface area (Å²) in [5, 5.41) is 4.40. The van der Waals surface area contributed by atoms with Gasteiger partial charge in [-0.2, -0.15) is 0 Å². The average molecular weight is 353 g/mol. The second-order valence-corrected chi connectivity index (χ2v) is 6.14. The summed E-state index contributed by atoms with van der Waals surface area (Å²) in [5.41, 5.74) is 2.59. The van der Waals surface area contributed by atoms with Gasteiger partial charge in [0.25, 0.3) is 0 Å². The summed E-state index contributed by atoms with van der Waals surface area (Å²) in [6.45, 7) is 3.20. The van der Waals surface area contributed by atoms with Gasteiger partial charge < -0.3 is 5.32 Å². The summed E-state index contributed by atoms with van der Waals surface area (Å²) >= 11 is 9.61. The first kappa shape index (κ1) is 15.6. The van der Waals surface area contributed by atoms with E-state index in [1.54, 1.807) is 0 Å². The van der Waals surface area contributed by atoms with E-state index in [1.807, 2.05) is 18.2 Å². The van der Waals surface area contributed by atoms with Crippen molar-refractivity contribution >= 4 is 27.5 Å². The molecule has 0 heterocycles. The first-order chi connectivity index (χ1) is 9.70. The molecule has 0 spiro atoms. The monoisotopic (exact) mass is 351 g/mol. The second kappa shape index (κ2) is 7.82. The van der Waals surface area contributed by atoms with E-state index in [4.69, 9.17) is 11.6 Å². The van der Waals surface area contributed by atoms with Crippen LogP contribution in [0.1, 0.15) is 30.5 Å². The number of rotatable bonds is 6. The largest absolute Gasteiger partial charge is 0.310 e. The normalized spacial score (nSPS) is 12.3. The van der Waals surface area contributed by atoms with Gasteiger partial charge in [-0.25, -0.2) is 0 Å². The average Bonchev–Trinajstić information content (AvgIpc) is 2.46. The lowest BCUT2D eigenvalue weighted by Crippen LogP contribution is -2.24. The Morgan fingerprint density at radius 2 is 1.80 bits per heavy atom. The molecule has 0 saturated carbocycles. The molecule has 2 rings (SSSR count). The van der Waals surface area contributed by atoms with Crippen molar-refractivity contribution in [2.45, 2.75) is 25.8 Å². The standard InChI is InChI=1S/C17H19BrClN/c1-2-11-20-17(13-7-9-15(19)10-8-13)12-14-5-3-4-6-16(14)18/h3-10,17,20H,2,11-12H2,1H3. The number of halogens is 2. The lowest BCUT2D eigenvalue weighted by atomic mass is 9.99. The zero-order valence-corrected chi connectivity index (χ0v) is 13.9. The van der Waals surface area contributed by atoms with Crippen LogP contribution >= 0.6 is 27.5 Å². The maximum absolute atomic E-state index is 5.98. The zero-order valence-electron chi connectivity index (χ0n) is 11.6. The molecule has 1 atom stereocenters. The molecule has 1 unspecified atom stereocenters. The number of hydrogen-bond donors (Lipinski definition) is 1. The summed E-state index contributed by atoms with van der Waals surface area (Å²) in [6, 6.07) is 16.8. The van der Waals surface area contributed by atoms with Crippen LogP contribution in [0.3, 0.4) is 0 Å². The van der Waals surface area contributed by atoms with Crippen LogP contribution in [-0.4, -0.2) is 6.54 Å². The molecule has 0 radical (unpaired) electrons. The molecule has 3 heteroatoms. The summed E-state index contributed by atoms with van der Waals surface area (Å²) in [6.07, 6.45) is 2.09. The summed E-state index contributed by atoms with van der Waals surface area (Å²) in [7, 11) is 0. The Kier molecular flexibility index (Phi) is 6.08. The Morgan fingerprint density at radius 1 is 1.10 bits per heavy atom. The third kappa shape index (κ3) is 4.34. The van der Waals surface area contributed by atoms with Crippen LogP contribution in [0.2, 0.25) is 5.02 Å². The van der Waals surface area contributed by atoms with E-state index in [0.717, 1.165) is 28.9 Å². The van der Waals surface area contributed by atoms with Crippen molar-refractivity contribution in [1.29, 1.82) is 0 Å². The predicted molar refractivity (Wildman–Crippen MR) is 90.3 cm³/mol. The van der Waals surface area contributed by atoms with Crippen LogP contribution in [0.25, 0.3) is 0 Å². The summed E-state index contributed by atoms with van der Waals surface area (Å²) in [4.78, 5) is 0. The highest BCUT2D eigenvalue weighted by Gasteiger charge is 2.13. The van der Waals surface area contributed by atoms with E-state index in [9.17, 15) is 0 Å². The highest BCUT2D eigenvalue weighted by Crippen LogP contribution is 2.24. The van der Waals surface area contributed by atoms with E-state index in [0.29, 0.717) is 6.04 Å². The third-order valence-electron chi connectivity index (χ3n) is 3.29. The van der Waals surface area contributed by atoms with Gasteiger partial charge in [-0.05, 0) is 48.7 Å². The molecule has 0 bridgehead atoms. The first-order valence-electron chi connectivity index (χ1n) is 6.93. The van der Waals surface area contributed by atoms with Crippen molar-refractivity contribution in [3.63, 3.8) is 0 Å². The van der Waals surface area contributed by atoms with Crippen LogP contribution < -0.4 is 5.32 Å². The molecule has 20 heavy (non-hydrogen) atoms. The Hall–Kier alpha value is -0.830. The fraction of sp³-hybridized carbons (Fsp3) is 0.294. The van der Waals surface area contributed by atoms with E-state index in [-0.39, 0.29) is 0 Å². The van der Waals surface area contributed by atoms with Crippen molar-refractivity contribution in [2.24, 2.45) is 0 Å². The molecular weight excluding hydrogens is 334 g/mol. The SMILES string of the molecule is CCCNC(Cc1ccccc1Br)c1ccc(Cl)cc1. The van der Waals surface area contributed by atoms with Gasteiger partial charge in [-0.1, -0.05) is 64.8 Å². The van der Waals surface area contributed by atoms with Gasteiger partial charge in [0.05, 0.1) is 0 Å². The quantitative estimate of drug-likeness (QED) is 0.735. The minimum absolute atomic E-state index is 0.311. The lowest BCUT2D eigenvalue weighted by Gasteiger charge is -2.20. The predicted octanol–water partition coefficient (Wildman–Crippen LogP) is 5.39. The molecule has 0 amide bonds. The van der Waals surface area contributed by atoms with Gasteiger partial charge >= 0.3 is 0 Å². The molecule has 1 N–H and O–H groups in total. The van der Waals surface area contributed by atoms with Crippen LogP contribution in [0.4, 0.5) is 0 Å². The zero-order chi connectivity index (χ0) is 14.4. The molecule has 106 valence electrons. The minimum Gasteiger partial charge on any atom is -0.310 e. The molecule has 0 fully saturated rings. The van der Waals surface area contributed by atoms with Crippen molar-refractivity contribution in [3.8, 4) is 0 Å². The molecule has 0 aliphatic carbocycles. The summed E-state index contributed by atoms with van der Waals surface area (Å²) in [5.74, 6) is 0. The van der Waals surface area contributed by atoms with Gasteiger partial charge in [0, 0.05) is 15.5 Å². The highest BCUT2D eigenvalue weighted by molar-refractivity contribution is 9.10. The second-order valence-electron chi connectivity index (χ2n) is 4.85. The maximum atomic E-state index is 5.98. The maximum Gasteiger partial charge on any atom is 0.0406 e. The van der Waals surface area contributed by atoms with Crippen molar-refractivity contribution in [1.82, 2.24) is 5.32 Å². The van der Waals surface area contributed by atoms with E-state index in [1.165, 1.54) is 11.1 Å². The Labute approximate surface area is 134 Å². The Balaban J connectivity index is 2.19. The molecule has 1 nitrogen and oxygen atoms in total. The number of benzene rings is 2. The van der Waals surface area contributed by atoms with E-state index < -0.39 is 0 Å². The van der Waals surface area contributed by atoms with Gasteiger partial charge in [0.2, 0.25) is 0 Å². The topological polar surface area (TPSA) is 12.0 Å². The number of hydrogen-bond acceptors (Lipinski definition) is 1. The van der Waals surface area contributed by atoms with Crippen LogP contribution in [0, 0.1) is 0 Å². The highest BCUT2D eigenvalue weighted by atomic mass is 79.9. The Bertz CT molecular complexity index is 539. The van der Waals surface area contributed by atoms with Gasteiger partial charge in [-0.15, -0.1) is 0 Å². The smallest absolute Gasteiger partial charge is 0.0406 e. The van der Waals surface area contributed by atoms with Crippen molar-refractivity contribution < 1.29 is 0 Å². The lowest BCUT2D eigenvalue weighted by molar-refractivity contribution is 0.528. The van der Waals surface area contributed by atoms with Crippen LogP contribution in [0.5, 0.6) is 0 Å². The van der Waals surface area contributed by atoms with Gasteiger partial charge in [0.1, 0.15) is 0 Å². The fourth-order valence-electron chi connectivity index (χ4n) is 2.21. The minimum atomic E-state index is 0.311. The van der Waals surface area contributed by atoms with Gasteiger partial charge in [0.15, 0.2) is 0 Å². The summed E-state index contributed by atoms with van der Waals surface area (Å²) < 4.78 is 1.16. The Morgan fingerprint density at radius 3 is 2.45 bits per heavy atom. The third-order valence-corrected chi connectivity index (χ3v) is 4.32. The molecule has 0 aromatic heterocycles. The molecule has 2 aromatic carbocycles. The molecular formula is C17H19BrClN. The first-order valence-corrected chi connectivity index (χ1v) is 8.10. The van der Waals surface area contributed by atoms with E-state index >= 15 is 0 Å². The van der Waals surface area contributed by atoms with Crippen LogP contribution in [0.15, 0.2) is 53.0 Å². The number of nitrogens with one attached hydrogen (secondary N) is 1. The molecule has 0 aliphatic rings. The van der Waals surface area contributed by atoms with Crippen molar-refractivity contribution in [2.75, 3.05) is 6.54 Å².